The zero-order valence-electron chi connectivity index (χ0n) is 23.1. The first-order chi connectivity index (χ1) is 20.0. The van der Waals surface area contributed by atoms with Crippen LogP contribution in [0.1, 0.15) is 63.4 Å². The van der Waals surface area contributed by atoms with E-state index in [0.29, 0.717) is 54.8 Å². The number of hydrogen-bond acceptors (Lipinski definition) is 6. The van der Waals surface area contributed by atoms with Crippen molar-refractivity contribution in [2.75, 3.05) is 39.4 Å². The Kier molecular flexibility index (Phi) is 8.40. The highest BCUT2D eigenvalue weighted by Crippen LogP contribution is 2.43. The topological polar surface area (TPSA) is 68.3 Å². The number of carbonyl (C=O) groups excluding carboxylic acids is 2. The minimum Gasteiger partial charge on any atom is -0.457 e. The summed E-state index contributed by atoms with van der Waals surface area (Å²) in [5.74, 6) is 1.08. The SMILES string of the molecule is O=Cc1cc(C2CCC3(CC2)OCCO3)ccc1Oc1ccc(C(=O)N2CCN(Cc3ccc(Cl)cc3)CC2)cc1. The van der Waals surface area contributed by atoms with Crippen LogP contribution in [0.25, 0.3) is 0 Å². The Balaban J connectivity index is 1.03. The third-order valence-electron chi connectivity index (χ3n) is 8.50. The Morgan fingerprint density at radius 3 is 2.27 bits per heavy atom. The summed E-state index contributed by atoms with van der Waals surface area (Å²) < 4.78 is 17.8. The lowest BCUT2D eigenvalue weighted by Gasteiger charge is -2.35. The number of benzene rings is 3. The standard InChI is InChI=1S/C33H35ClN2O5/c34-29-6-1-24(2-7-29)22-35-15-17-36(18-16-35)32(38)26-3-8-30(9-4-26)41-31-10-5-27(21-28(31)23-37)25-11-13-33(14-12-25)39-19-20-40-33/h1-10,21,23,25H,11-20,22H2. The minimum atomic E-state index is -0.396. The number of ether oxygens (including phenoxy) is 3. The summed E-state index contributed by atoms with van der Waals surface area (Å²) in [6.07, 6.45) is 4.51. The lowest BCUT2D eigenvalue weighted by molar-refractivity contribution is -0.178. The molecular weight excluding hydrogens is 540 g/mol. The normalized spacial score (nSPS) is 19.4. The highest BCUT2D eigenvalue weighted by Gasteiger charge is 2.40. The molecule has 8 heteroatoms. The van der Waals surface area contributed by atoms with E-state index in [9.17, 15) is 9.59 Å². The monoisotopic (exact) mass is 574 g/mol. The molecule has 0 N–H and O–H groups in total. The molecule has 1 spiro atoms. The molecule has 6 rings (SSSR count). The summed E-state index contributed by atoms with van der Waals surface area (Å²) in [4.78, 5) is 29.3. The largest absolute Gasteiger partial charge is 0.457 e. The maximum atomic E-state index is 13.1. The zero-order valence-corrected chi connectivity index (χ0v) is 23.9. The molecule has 1 amide bonds. The summed E-state index contributed by atoms with van der Waals surface area (Å²) in [5.41, 5.74) is 3.50. The number of aldehydes is 1. The van der Waals surface area contributed by atoms with Gasteiger partial charge < -0.3 is 19.1 Å². The molecule has 214 valence electrons. The molecule has 0 aromatic heterocycles. The fourth-order valence-electron chi connectivity index (χ4n) is 6.11. The molecule has 0 bridgehead atoms. The van der Waals surface area contributed by atoms with Crippen LogP contribution in [0.3, 0.4) is 0 Å². The van der Waals surface area contributed by atoms with E-state index in [0.717, 1.165) is 62.2 Å². The van der Waals surface area contributed by atoms with Gasteiger partial charge in [0.1, 0.15) is 11.5 Å². The number of halogens is 1. The van der Waals surface area contributed by atoms with Gasteiger partial charge >= 0.3 is 0 Å². The van der Waals surface area contributed by atoms with Gasteiger partial charge in [0.25, 0.3) is 5.91 Å². The number of amides is 1. The number of nitrogens with zero attached hydrogens (tertiary/aromatic N) is 2. The highest BCUT2D eigenvalue weighted by atomic mass is 35.5. The molecule has 41 heavy (non-hydrogen) atoms. The Morgan fingerprint density at radius 2 is 1.61 bits per heavy atom. The van der Waals surface area contributed by atoms with Crippen LogP contribution in [0.4, 0.5) is 0 Å². The first-order valence-corrected chi connectivity index (χ1v) is 14.8. The van der Waals surface area contributed by atoms with Crippen molar-refractivity contribution >= 4 is 23.8 Å². The Labute approximate surface area is 245 Å². The number of rotatable bonds is 7. The third-order valence-corrected chi connectivity index (χ3v) is 8.75. The molecule has 3 aliphatic rings. The zero-order chi connectivity index (χ0) is 28.2. The van der Waals surface area contributed by atoms with Crippen LogP contribution >= 0.6 is 11.6 Å². The van der Waals surface area contributed by atoms with Crippen LogP contribution in [-0.2, 0) is 16.0 Å². The Morgan fingerprint density at radius 1 is 0.927 bits per heavy atom. The van der Waals surface area contributed by atoms with Crippen LogP contribution < -0.4 is 4.74 Å². The average molecular weight is 575 g/mol. The van der Waals surface area contributed by atoms with Crippen molar-refractivity contribution in [3.05, 3.63) is 94.0 Å². The molecule has 3 aromatic rings. The second kappa shape index (κ2) is 12.3. The number of piperazine rings is 1. The summed E-state index contributed by atoms with van der Waals surface area (Å²) in [5, 5.41) is 0.738. The summed E-state index contributed by atoms with van der Waals surface area (Å²) >= 11 is 5.99. The van der Waals surface area contributed by atoms with Gasteiger partial charge in [-0.15, -0.1) is 0 Å². The van der Waals surface area contributed by atoms with Gasteiger partial charge in [0, 0.05) is 56.2 Å². The first kappa shape index (κ1) is 27.9. The lowest BCUT2D eigenvalue weighted by atomic mass is 9.80. The van der Waals surface area contributed by atoms with E-state index in [-0.39, 0.29) is 5.91 Å². The van der Waals surface area contributed by atoms with E-state index in [2.05, 4.69) is 4.90 Å². The highest BCUT2D eigenvalue weighted by molar-refractivity contribution is 6.30. The summed E-state index contributed by atoms with van der Waals surface area (Å²) in [6, 6.07) is 20.9. The van der Waals surface area contributed by atoms with Crippen LogP contribution in [0, 0.1) is 0 Å². The predicted octanol–water partition coefficient (Wildman–Crippen LogP) is 6.30. The minimum absolute atomic E-state index is 0.0169. The van der Waals surface area contributed by atoms with Gasteiger partial charge in [-0.05, 0) is 78.4 Å². The molecule has 1 aliphatic carbocycles. The van der Waals surface area contributed by atoms with Gasteiger partial charge in [-0.2, -0.15) is 0 Å². The summed E-state index contributed by atoms with van der Waals surface area (Å²) in [6.45, 7) is 5.20. The fourth-order valence-corrected chi connectivity index (χ4v) is 6.24. The molecular formula is C33H35ClN2O5. The Bertz CT molecular complexity index is 1350. The number of hydrogen-bond donors (Lipinski definition) is 0. The van der Waals surface area contributed by atoms with Crippen molar-refractivity contribution in [1.82, 2.24) is 9.80 Å². The maximum absolute atomic E-state index is 13.1. The van der Waals surface area contributed by atoms with Crippen LogP contribution in [-0.4, -0.2) is 67.2 Å². The predicted molar refractivity (Wildman–Crippen MR) is 157 cm³/mol. The molecule has 2 aliphatic heterocycles. The molecule has 0 radical (unpaired) electrons. The number of carbonyl (C=O) groups is 2. The Hall–Kier alpha value is -3.23. The van der Waals surface area contributed by atoms with E-state index in [4.69, 9.17) is 25.8 Å². The first-order valence-electron chi connectivity index (χ1n) is 14.4. The smallest absolute Gasteiger partial charge is 0.253 e. The molecule has 3 aromatic carbocycles. The van der Waals surface area contributed by atoms with E-state index >= 15 is 0 Å². The van der Waals surface area contributed by atoms with Crippen molar-refractivity contribution in [2.45, 2.75) is 43.9 Å². The second-order valence-corrected chi connectivity index (χ2v) is 11.6. The van der Waals surface area contributed by atoms with Crippen molar-refractivity contribution in [2.24, 2.45) is 0 Å². The van der Waals surface area contributed by atoms with Gasteiger partial charge in [-0.3, -0.25) is 14.5 Å². The van der Waals surface area contributed by atoms with Crippen molar-refractivity contribution in [3.63, 3.8) is 0 Å². The molecule has 7 nitrogen and oxygen atoms in total. The quantitative estimate of drug-likeness (QED) is 0.308. The van der Waals surface area contributed by atoms with E-state index in [1.807, 2.05) is 47.4 Å². The lowest BCUT2D eigenvalue weighted by Crippen LogP contribution is -2.48. The van der Waals surface area contributed by atoms with Crippen molar-refractivity contribution in [1.29, 1.82) is 0 Å². The second-order valence-electron chi connectivity index (χ2n) is 11.1. The van der Waals surface area contributed by atoms with E-state index in [1.54, 1.807) is 24.3 Å². The van der Waals surface area contributed by atoms with Gasteiger partial charge in [-0.1, -0.05) is 29.8 Å². The molecule has 0 unspecified atom stereocenters. The summed E-state index contributed by atoms with van der Waals surface area (Å²) in [7, 11) is 0. The fraction of sp³-hybridized carbons (Fsp3) is 0.394. The van der Waals surface area contributed by atoms with Crippen molar-refractivity contribution in [3.8, 4) is 11.5 Å². The molecule has 3 fully saturated rings. The third kappa shape index (κ3) is 6.49. The molecule has 2 saturated heterocycles. The molecule has 1 saturated carbocycles. The van der Waals surface area contributed by atoms with Gasteiger partial charge in [0.2, 0.25) is 0 Å². The van der Waals surface area contributed by atoms with Gasteiger partial charge in [0.05, 0.1) is 18.8 Å². The van der Waals surface area contributed by atoms with Crippen LogP contribution in [0.5, 0.6) is 11.5 Å². The molecule has 0 atom stereocenters. The maximum Gasteiger partial charge on any atom is 0.253 e. The molecule has 2 heterocycles. The average Bonchev–Trinajstić information content (AvgIpc) is 3.47. The van der Waals surface area contributed by atoms with Gasteiger partial charge in [0.15, 0.2) is 12.1 Å². The van der Waals surface area contributed by atoms with Crippen LogP contribution in [0.2, 0.25) is 5.02 Å². The van der Waals surface area contributed by atoms with E-state index < -0.39 is 5.79 Å². The van der Waals surface area contributed by atoms with Gasteiger partial charge in [-0.25, -0.2) is 0 Å². The van der Waals surface area contributed by atoms with Crippen molar-refractivity contribution < 1.29 is 23.8 Å². The van der Waals surface area contributed by atoms with E-state index in [1.165, 1.54) is 5.56 Å². The van der Waals surface area contributed by atoms with Crippen LogP contribution in [0.15, 0.2) is 66.7 Å².